The number of nitrogens with zero attached hydrogens (tertiary/aromatic N) is 4. The summed E-state index contributed by atoms with van der Waals surface area (Å²) in [6.07, 6.45) is 1.77. The van der Waals surface area contributed by atoms with Gasteiger partial charge in [0.25, 0.3) is 5.91 Å². The summed E-state index contributed by atoms with van der Waals surface area (Å²) >= 11 is 6.21. The van der Waals surface area contributed by atoms with Gasteiger partial charge < -0.3 is 19.7 Å². The standard InChI is InChI=1S/C32H31ClF2N4O5/c1-2-31(42,30(35)7-9-43-10-8-30)21-11-25-28(26(34)12-21)32(44-24-13-23(40)14-24,20-3-5-22(33)6-4-20)39(29(25)41)18-27-37-16-19(15-36)17-38-27/h3-6,11-12,16-17,23-24,40,42H,2,7-10,13-14,18H2,1H3/t23?,24?,31?,32-/m1/s1. The van der Waals surface area contributed by atoms with E-state index in [0.717, 1.165) is 6.07 Å². The van der Waals surface area contributed by atoms with E-state index in [2.05, 4.69) is 9.97 Å². The zero-order valence-corrected chi connectivity index (χ0v) is 24.7. The second kappa shape index (κ2) is 11.4. The second-order valence-corrected chi connectivity index (χ2v) is 12.0. The Morgan fingerprint density at radius 1 is 1.20 bits per heavy atom. The van der Waals surface area contributed by atoms with Gasteiger partial charge in [0.2, 0.25) is 5.72 Å². The van der Waals surface area contributed by atoms with Crippen LogP contribution in [0, 0.1) is 17.1 Å². The van der Waals surface area contributed by atoms with Crippen molar-refractivity contribution in [3.05, 3.63) is 93.3 Å². The van der Waals surface area contributed by atoms with E-state index in [-0.39, 0.29) is 79.9 Å². The van der Waals surface area contributed by atoms with Crippen LogP contribution in [0.15, 0.2) is 48.8 Å². The van der Waals surface area contributed by atoms with Crippen LogP contribution in [0.3, 0.4) is 0 Å². The fourth-order valence-electron chi connectivity index (χ4n) is 6.53. The zero-order valence-electron chi connectivity index (χ0n) is 24.0. The van der Waals surface area contributed by atoms with E-state index in [1.165, 1.54) is 23.4 Å². The number of rotatable bonds is 8. The molecule has 1 saturated heterocycles. The molecule has 0 spiro atoms. The van der Waals surface area contributed by atoms with Crippen LogP contribution < -0.4 is 0 Å². The van der Waals surface area contributed by atoms with E-state index >= 15 is 8.78 Å². The Morgan fingerprint density at radius 3 is 2.45 bits per heavy atom. The average Bonchev–Trinajstić information content (AvgIpc) is 3.24. The molecule has 0 radical (unpaired) electrons. The van der Waals surface area contributed by atoms with Crippen LogP contribution in [0.2, 0.25) is 5.02 Å². The lowest BCUT2D eigenvalue weighted by Gasteiger charge is -2.45. The summed E-state index contributed by atoms with van der Waals surface area (Å²) in [5, 5.41) is 31.5. The first kappa shape index (κ1) is 30.5. The highest BCUT2D eigenvalue weighted by atomic mass is 35.5. The predicted octanol–water partition coefficient (Wildman–Crippen LogP) is 4.65. The molecule has 2 aromatic carbocycles. The van der Waals surface area contributed by atoms with E-state index in [1.807, 2.05) is 6.07 Å². The van der Waals surface area contributed by atoms with Gasteiger partial charge >= 0.3 is 0 Å². The number of hydrogen-bond acceptors (Lipinski definition) is 8. The highest BCUT2D eigenvalue weighted by Crippen LogP contribution is 2.52. The number of aromatic nitrogens is 2. The van der Waals surface area contributed by atoms with E-state index in [1.54, 1.807) is 31.2 Å². The van der Waals surface area contributed by atoms with Crippen LogP contribution in [0.1, 0.15) is 77.5 Å². The molecule has 0 bridgehead atoms. The fourth-order valence-corrected chi connectivity index (χ4v) is 6.66. The Bertz CT molecular complexity index is 1610. The van der Waals surface area contributed by atoms with Gasteiger partial charge in [0.05, 0.1) is 35.4 Å². The summed E-state index contributed by atoms with van der Waals surface area (Å²) < 4.78 is 45.1. The molecule has 1 saturated carbocycles. The summed E-state index contributed by atoms with van der Waals surface area (Å²) in [6, 6.07) is 10.8. The molecule has 2 aliphatic heterocycles. The third-order valence-electron chi connectivity index (χ3n) is 9.08. The van der Waals surface area contributed by atoms with Crippen LogP contribution in [0.5, 0.6) is 0 Å². The molecule has 1 unspecified atom stereocenters. The van der Waals surface area contributed by atoms with Gasteiger partial charge in [-0.05, 0) is 49.1 Å². The number of alkyl halides is 1. The molecule has 12 heteroatoms. The quantitative estimate of drug-likeness (QED) is 0.371. The lowest BCUT2D eigenvalue weighted by molar-refractivity contribution is -0.191. The molecule has 1 aromatic heterocycles. The van der Waals surface area contributed by atoms with E-state index in [4.69, 9.17) is 21.1 Å². The third-order valence-corrected chi connectivity index (χ3v) is 9.33. The first-order chi connectivity index (χ1) is 21.0. The number of benzene rings is 2. The zero-order chi connectivity index (χ0) is 31.3. The molecule has 3 aliphatic rings. The summed E-state index contributed by atoms with van der Waals surface area (Å²) in [4.78, 5) is 24.2. The minimum atomic E-state index is -2.11. The molecule has 3 aromatic rings. The Kier molecular flexibility index (Phi) is 7.93. The molecule has 6 rings (SSSR count). The number of aliphatic hydroxyl groups excluding tert-OH is 1. The summed E-state index contributed by atoms with van der Waals surface area (Å²) in [6.45, 7) is 1.57. The van der Waals surface area contributed by atoms with Gasteiger partial charge in [0.15, 0.2) is 0 Å². The number of aliphatic hydroxyl groups is 2. The Balaban J connectivity index is 1.55. The molecule has 2 atom stereocenters. The van der Waals surface area contributed by atoms with Gasteiger partial charge in [-0.25, -0.2) is 18.7 Å². The number of hydrogen-bond donors (Lipinski definition) is 2. The van der Waals surface area contributed by atoms with Crippen molar-refractivity contribution in [2.75, 3.05) is 13.2 Å². The molecule has 3 heterocycles. The molecule has 9 nitrogen and oxygen atoms in total. The average molecular weight is 625 g/mol. The topological polar surface area (TPSA) is 129 Å². The molecule has 2 N–H and O–H groups in total. The highest BCUT2D eigenvalue weighted by Gasteiger charge is 2.58. The lowest BCUT2D eigenvalue weighted by Crippen LogP contribution is -2.52. The van der Waals surface area contributed by atoms with Crippen molar-refractivity contribution in [3.8, 4) is 6.07 Å². The van der Waals surface area contributed by atoms with Crippen molar-refractivity contribution >= 4 is 17.5 Å². The van der Waals surface area contributed by atoms with Gasteiger partial charge in [-0.1, -0.05) is 30.7 Å². The number of carbonyl (C=O) groups is 1. The first-order valence-electron chi connectivity index (χ1n) is 14.5. The Morgan fingerprint density at radius 2 is 1.86 bits per heavy atom. The summed E-state index contributed by atoms with van der Waals surface area (Å²) in [5.74, 6) is -1.36. The maximum Gasteiger partial charge on any atom is 0.257 e. The van der Waals surface area contributed by atoms with E-state index in [0.29, 0.717) is 10.6 Å². The normalized spacial score (nSPS) is 25.6. The van der Waals surface area contributed by atoms with Crippen molar-refractivity contribution in [1.82, 2.24) is 14.9 Å². The lowest BCUT2D eigenvalue weighted by atomic mass is 9.72. The van der Waals surface area contributed by atoms with Crippen molar-refractivity contribution in [1.29, 1.82) is 5.26 Å². The van der Waals surface area contributed by atoms with Gasteiger partial charge in [-0.15, -0.1) is 0 Å². The van der Waals surface area contributed by atoms with Gasteiger partial charge in [0, 0.05) is 49.0 Å². The molecular formula is C32H31ClF2N4O5. The van der Waals surface area contributed by atoms with Crippen LogP contribution in [0.25, 0.3) is 0 Å². The Labute approximate surface area is 258 Å². The van der Waals surface area contributed by atoms with Crippen molar-refractivity contribution < 1.29 is 33.3 Å². The van der Waals surface area contributed by atoms with Crippen molar-refractivity contribution in [3.63, 3.8) is 0 Å². The third kappa shape index (κ3) is 4.86. The number of ether oxygens (including phenoxy) is 2. The van der Waals surface area contributed by atoms with Crippen LogP contribution >= 0.6 is 11.6 Å². The van der Waals surface area contributed by atoms with Crippen molar-refractivity contribution in [2.45, 2.75) is 74.8 Å². The molecule has 44 heavy (non-hydrogen) atoms. The van der Waals surface area contributed by atoms with Gasteiger partial charge in [-0.2, -0.15) is 5.26 Å². The number of fused-ring (bicyclic) bond motifs is 1. The number of halogens is 3. The highest BCUT2D eigenvalue weighted by molar-refractivity contribution is 6.30. The SMILES string of the molecule is CCC(O)(c1cc(F)c2c(c1)C(=O)N(Cc1ncc(C#N)cn1)[C@@]2(OC1CC(O)C1)c1ccc(Cl)cc1)C1(F)CCOCC1. The molecular weight excluding hydrogens is 594 g/mol. The van der Waals surface area contributed by atoms with Crippen molar-refractivity contribution in [2.24, 2.45) is 0 Å². The molecule has 2 fully saturated rings. The van der Waals surface area contributed by atoms with Crippen LogP contribution in [0.4, 0.5) is 8.78 Å². The van der Waals surface area contributed by atoms with E-state index in [9.17, 15) is 20.3 Å². The van der Waals surface area contributed by atoms with Crippen LogP contribution in [-0.4, -0.2) is 62.1 Å². The van der Waals surface area contributed by atoms with Gasteiger partial charge in [0.1, 0.15) is 29.0 Å². The molecule has 1 amide bonds. The summed E-state index contributed by atoms with van der Waals surface area (Å²) in [5.41, 5.74) is -5.73. The Hall–Kier alpha value is -3.53. The minimum absolute atomic E-state index is 0.0606. The summed E-state index contributed by atoms with van der Waals surface area (Å²) in [7, 11) is 0. The minimum Gasteiger partial charge on any atom is -0.393 e. The maximum absolute atomic E-state index is 16.7. The van der Waals surface area contributed by atoms with Gasteiger partial charge in [-0.3, -0.25) is 9.69 Å². The monoisotopic (exact) mass is 624 g/mol. The largest absolute Gasteiger partial charge is 0.393 e. The second-order valence-electron chi connectivity index (χ2n) is 11.6. The van der Waals surface area contributed by atoms with E-state index < -0.39 is 40.9 Å². The smallest absolute Gasteiger partial charge is 0.257 e. The number of amides is 1. The maximum atomic E-state index is 16.7. The fraction of sp³-hybridized carbons (Fsp3) is 0.438. The van der Waals surface area contributed by atoms with Crippen LogP contribution in [-0.2, 0) is 27.3 Å². The predicted molar refractivity (Wildman–Crippen MR) is 153 cm³/mol. The molecule has 1 aliphatic carbocycles. The number of nitriles is 1. The molecule has 230 valence electrons. The number of carbonyl (C=O) groups excluding carboxylic acids is 1. The first-order valence-corrected chi connectivity index (χ1v) is 14.9.